The molecular weight excluding hydrogens is 454 g/mol. The van der Waals surface area contributed by atoms with Crippen molar-refractivity contribution in [1.82, 2.24) is 9.88 Å². The molecule has 0 saturated carbocycles. The molecule has 0 saturated heterocycles. The van der Waals surface area contributed by atoms with Crippen molar-refractivity contribution in [1.29, 1.82) is 5.41 Å². The topological polar surface area (TPSA) is 49.2 Å². The first kappa shape index (κ1) is 24.7. The summed E-state index contributed by atoms with van der Waals surface area (Å²) in [5, 5.41) is 11.3. The molecule has 0 amide bonds. The predicted octanol–water partition coefficient (Wildman–Crippen LogP) is 7.26. The molecule has 0 radical (unpaired) electrons. The summed E-state index contributed by atoms with van der Waals surface area (Å²) in [7, 11) is 5.97. The molecule has 4 nitrogen and oxygen atoms in total. The maximum atomic E-state index is 7.75. The van der Waals surface area contributed by atoms with Crippen LogP contribution in [0.15, 0.2) is 97.1 Å². The van der Waals surface area contributed by atoms with E-state index in [0.29, 0.717) is 5.88 Å². The average molecular weight is 488 g/mol. The van der Waals surface area contributed by atoms with Crippen LogP contribution in [-0.4, -0.2) is 43.8 Å². The summed E-state index contributed by atoms with van der Waals surface area (Å²) in [5.74, 6) is 0.872. The highest BCUT2D eigenvalue weighted by atomic mass is 16.5. The van der Waals surface area contributed by atoms with E-state index in [-0.39, 0.29) is 11.8 Å². The third kappa shape index (κ3) is 5.11. The molecule has 1 aromatic heterocycles. The number of fused-ring (bicyclic) bond motifs is 2. The summed E-state index contributed by atoms with van der Waals surface area (Å²) >= 11 is 0. The second-order valence-corrected chi connectivity index (χ2v) is 9.84. The first-order valence-corrected chi connectivity index (χ1v) is 12.8. The molecule has 0 bridgehead atoms. The molecule has 37 heavy (non-hydrogen) atoms. The highest BCUT2D eigenvalue weighted by molar-refractivity contribution is 5.89. The van der Waals surface area contributed by atoms with Gasteiger partial charge in [0.15, 0.2) is 0 Å². The van der Waals surface area contributed by atoms with Crippen LogP contribution < -0.4 is 4.74 Å². The van der Waals surface area contributed by atoms with Gasteiger partial charge in [-0.2, -0.15) is 0 Å². The molecule has 0 fully saturated rings. The molecule has 4 aromatic carbocycles. The van der Waals surface area contributed by atoms with Gasteiger partial charge in [0.2, 0.25) is 5.88 Å². The molecule has 2 unspecified atom stereocenters. The zero-order valence-corrected chi connectivity index (χ0v) is 21.7. The number of benzene rings is 4. The van der Waals surface area contributed by atoms with E-state index in [2.05, 4.69) is 97.9 Å². The molecule has 1 N–H and O–H groups in total. The average Bonchev–Trinajstić information content (AvgIpc) is 2.94. The Labute approximate surface area is 219 Å². The minimum Gasteiger partial charge on any atom is -0.481 e. The third-order valence-corrected chi connectivity index (χ3v) is 7.20. The number of methoxy groups -OCH3 is 1. The van der Waals surface area contributed by atoms with Gasteiger partial charge in [-0.1, -0.05) is 78.9 Å². The zero-order chi connectivity index (χ0) is 25.8. The SMILES string of the molecule is COc1nc2ccc(C=N)cc2cc1C(c1ccccc1)C(CCN(C)C)c1cccc2ccccc12. The van der Waals surface area contributed by atoms with Crippen molar-refractivity contribution in [2.75, 3.05) is 27.7 Å². The standard InChI is InChI=1S/C33H33N3O/c1-36(2)19-18-29(28-15-9-13-24-10-7-8-14-27(24)28)32(25-11-5-4-6-12-25)30-21-26-20-23(22-34)16-17-31(26)35-33(30)37-3/h4-17,20-22,29,32,34H,18-19H2,1-3H3. The zero-order valence-electron chi connectivity index (χ0n) is 21.7. The lowest BCUT2D eigenvalue weighted by Gasteiger charge is -2.31. The normalized spacial score (nSPS) is 13.1. The minimum absolute atomic E-state index is 0.0300. The Morgan fingerprint density at radius 2 is 1.59 bits per heavy atom. The molecule has 0 aliphatic rings. The smallest absolute Gasteiger partial charge is 0.217 e. The van der Waals surface area contributed by atoms with Gasteiger partial charge in [0.05, 0.1) is 12.6 Å². The summed E-state index contributed by atoms with van der Waals surface area (Å²) in [6.07, 6.45) is 2.36. The van der Waals surface area contributed by atoms with Crippen LogP contribution in [0.4, 0.5) is 0 Å². The van der Waals surface area contributed by atoms with E-state index in [1.807, 2.05) is 18.2 Å². The number of hydrogen-bond donors (Lipinski definition) is 1. The van der Waals surface area contributed by atoms with E-state index in [9.17, 15) is 0 Å². The Bertz CT molecular complexity index is 1520. The largest absolute Gasteiger partial charge is 0.481 e. The molecule has 4 heteroatoms. The molecule has 5 rings (SSSR count). The van der Waals surface area contributed by atoms with Gasteiger partial charge in [-0.05, 0) is 78.6 Å². The molecule has 0 aliphatic carbocycles. The lowest BCUT2D eigenvalue weighted by atomic mass is 9.74. The van der Waals surface area contributed by atoms with E-state index >= 15 is 0 Å². The van der Waals surface area contributed by atoms with Gasteiger partial charge in [-0.15, -0.1) is 0 Å². The van der Waals surface area contributed by atoms with E-state index in [1.54, 1.807) is 7.11 Å². The van der Waals surface area contributed by atoms with Crippen molar-refractivity contribution in [3.05, 3.63) is 119 Å². The van der Waals surface area contributed by atoms with Crippen LogP contribution in [0.2, 0.25) is 0 Å². The molecule has 0 spiro atoms. The lowest BCUT2D eigenvalue weighted by Crippen LogP contribution is -2.21. The third-order valence-electron chi connectivity index (χ3n) is 7.20. The van der Waals surface area contributed by atoms with Gasteiger partial charge < -0.3 is 15.0 Å². The van der Waals surface area contributed by atoms with E-state index < -0.39 is 0 Å². The molecule has 2 atom stereocenters. The predicted molar refractivity (Wildman–Crippen MR) is 154 cm³/mol. The summed E-state index contributed by atoms with van der Waals surface area (Å²) in [4.78, 5) is 7.20. The molecule has 1 heterocycles. The number of aromatic nitrogens is 1. The van der Waals surface area contributed by atoms with Crippen molar-refractivity contribution in [2.24, 2.45) is 0 Å². The van der Waals surface area contributed by atoms with Crippen LogP contribution in [0.1, 0.15) is 40.5 Å². The fourth-order valence-corrected chi connectivity index (χ4v) is 5.43. The van der Waals surface area contributed by atoms with Crippen LogP contribution >= 0.6 is 0 Å². The van der Waals surface area contributed by atoms with Gasteiger partial charge >= 0.3 is 0 Å². The van der Waals surface area contributed by atoms with Gasteiger partial charge in [0.25, 0.3) is 0 Å². The van der Waals surface area contributed by atoms with Gasteiger partial charge in [0.1, 0.15) is 0 Å². The summed E-state index contributed by atoms with van der Waals surface area (Å²) in [6.45, 7) is 0.957. The van der Waals surface area contributed by atoms with Crippen molar-refractivity contribution in [2.45, 2.75) is 18.3 Å². The van der Waals surface area contributed by atoms with Crippen LogP contribution in [0.5, 0.6) is 5.88 Å². The number of nitrogens with zero attached hydrogens (tertiary/aromatic N) is 2. The van der Waals surface area contributed by atoms with Crippen LogP contribution in [0.3, 0.4) is 0 Å². The van der Waals surface area contributed by atoms with Crippen molar-refractivity contribution in [3.8, 4) is 5.88 Å². The van der Waals surface area contributed by atoms with Crippen molar-refractivity contribution >= 4 is 27.9 Å². The van der Waals surface area contributed by atoms with Crippen LogP contribution in [-0.2, 0) is 0 Å². The first-order valence-electron chi connectivity index (χ1n) is 12.8. The van der Waals surface area contributed by atoms with Gasteiger partial charge in [0, 0.05) is 23.1 Å². The highest BCUT2D eigenvalue weighted by Crippen LogP contribution is 2.46. The quantitative estimate of drug-likeness (QED) is 0.223. The second-order valence-electron chi connectivity index (χ2n) is 9.84. The maximum absolute atomic E-state index is 7.75. The molecule has 0 aliphatic heterocycles. The van der Waals surface area contributed by atoms with Crippen LogP contribution in [0.25, 0.3) is 21.7 Å². The van der Waals surface area contributed by atoms with E-state index in [1.165, 1.54) is 28.1 Å². The summed E-state index contributed by atoms with van der Waals surface area (Å²) < 4.78 is 5.95. The molecule has 5 aromatic rings. The second kappa shape index (κ2) is 10.9. The van der Waals surface area contributed by atoms with Crippen molar-refractivity contribution in [3.63, 3.8) is 0 Å². The fourth-order valence-electron chi connectivity index (χ4n) is 5.43. The van der Waals surface area contributed by atoms with Crippen LogP contribution in [0, 0.1) is 5.41 Å². The number of hydrogen-bond acceptors (Lipinski definition) is 4. The highest BCUT2D eigenvalue weighted by Gasteiger charge is 2.31. The Balaban J connectivity index is 1.79. The molecule has 186 valence electrons. The lowest BCUT2D eigenvalue weighted by molar-refractivity contribution is 0.363. The monoisotopic (exact) mass is 487 g/mol. The maximum Gasteiger partial charge on any atom is 0.217 e. The van der Waals surface area contributed by atoms with Gasteiger partial charge in [-0.25, -0.2) is 4.98 Å². The fraction of sp³-hybridized carbons (Fsp3) is 0.212. The summed E-state index contributed by atoms with van der Waals surface area (Å²) in [6, 6.07) is 34.2. The minimum atomic E-state index is 0.0300. The Morgan fingerprint density at radius 3 is 2.35 bits per heavy atom. The number of nitrogens with one attached hydrogen (secondary N) is 1. The molecular formula is C33H33N3O. The van der Waals surface area contributed by atoms with Crippen molar-refractivity contribution < 1.29 is 4.74 Å². The number of rotatable bonds is 9. The van der Waals surface area contributed by atoms with Gasteiger partial charge in [-0.3, -0.25) is 0 Å². The Hall–Kier alpha value is -4.02. The van der Waals surface area contributed by atoms with E-state index in [4.69, 9.17) is 15.1 Å². The number of ether oxygens (including phenoxy) is 1. The Morgan fingerprint density at radius 1 is 0.838 bits per heavy atom. The Kier molecular flexibility index (Phi) is 7.29. The van der Waals surface area contributed by atoms with E-state index in [0.717, 1.165) is 35.0 Å². The first-order chi connectivity index (χ1) is 18.1. The number of pyridine rings is 1. The summed E-state index contributed by atoms with van der Waals surface area (Å²) in [5.41, 5.74) is 5.37.